The maximum atomic E-state index is 11.2. The first-order chi connectivity index (χ1) is 7.55. The lowest BCUT2D eigenvalue weighted by Gasteiger charge is -2.35. The summed E-state index contributed by atoms with van der Waals surface area (Å²) in [5.74, 6) is 1.38. The summed E-state index contributed by atoms with van der Waals surface area (Å²) in [6.45, 7) is 8.77. The fourth-order valence-corrected chi connectivity index (χ4v) is 3.21. The number of hydrogen-bond acceptors (Lipinski definition) is 4. The smallest absolute Gasteiger partial charge is 0.306 e. The Labute approximate surface area is 97.3 Å². The highest BCUT2D eigenvalue weighted by molar-refractivity contribution is 5.69. The van der Waals surface area contributed by atoms with Crippen LogP contribution in [0.25, 0.3) is 0 Å². The molecular weight excluding hydrogens is 204 g/mol. The second kappa shape index (κ2) is 4.34. The van der Waals surface area contributed by atoms with Gasteiger partial charge >= 0.3 is 5.97 Å². The van der Waals surface area contributed by atoms with Crippen LogP contribution in [0.3, 0.4) is 0 Å². The highest BCUT2D eigenvalue weighted by Crippen LogP contribution is 2.40. The first-order valence-electron chi connectivity index (χ1n) is 6.08. The molecule has 0 aromatic carbocycles. The second-order valence-corrected chi connectivity index (χ2v) is 5.45. The molecule has 0 saturated carbocycles. The van der Waals surface area contributed by atoms with E-state index >= 15 is 0 Å². The summed E-state index contributed by atoms with van der Waals surface area (Å²) in [7, 11) is 1.45. The quantitative estimate of drug-likeness (QED) is 0.711. The standard InChI is InChI=1S/C12H22N2O2/c1-12(2)10-7-13-6-9(10)8-14(12)5-4-11(15)16-3/h9-10,13H,4-8H2,1-3H3. The number of carbonyl (C=O) groups is 1. The van der Waals surface area contributed by atoms with Gasteiger partial charge in [0.1, 0.15) is 0 Å². The minimum atomic E-state index is -0.106. The van der Waals surface area contributed by atoms with Gasteiger partial charge in [-0.05, 0) is 32.2 Å². The maximum absolute atomic E-state index is 11.2. The van der Waals surface area contributed by atoms with E-state index in [2.05, 4.69) is 24.1 Å². The zero-order valence-corrected chi connectivity index (χ0v) is 10.5. The van der Waals surface area contributed by atoms with E-state index in [9.17, 15) is 4.79 Å². The van der Waals surface area contributed by atoms with Crippen LogP contribution >= 0.6 is 0 Å². The molecule has 0 aromatic rings. The van der Waals surface area contributed by atoms with Crippen LogP contribution in [0, 0.1) is 11.8 Å². The average Bonchev–Trinajstić information content (AvgIpc) is 2.78. The summed E-state index contributed by atoms with van der Waals surface area (Å²) < 4.78 is 4.69. The molecule has 1 N–H and O–H groups in total. The number of ether oxygens (including phenoxy) is 1. The van der Waals surface area contributed by atoms with E-state index in [-0.39, 0.29) is 11.5 Å². The predicted molar refractivity (Wildman–Crippen MR) is 62.1 cm³/mol. The molecule has 2 aliphatic heterocycles. The molecule has 0 spiro atoms. The molecule has 0 amide bonds. The minimum absolute atomic E-state index is 0.106. The van der Waals surface area contributed by atoms with Gasteiger partial charge in [0.15, 0.2) is 0 Å². The van der Waals surface area contributed by atoms with Crippen molar-refractivity contribution < 1.29 is 9.53 Å². The summed E-state index contributed by atoms with van der Waals surface area (Å²) >= 11 is 0. The molecule has 2 saturated heterocycles. The topological polar surface area (TPSA) is 41.6 Å². The van der Waals surface area contributed by atoms with E-state index in [1.54, 1.807) is 0 Å². The van der Waals surface area contributed by atoms with Crippen LogP contribution in [0.4, 0.5) is 0 Å². The first-order valence-corrected chi connectivity index (χ1v) is 6.08. The van der Waals surface area contributed by atoms with Gasteiger partial charge < -0.3 is 10.1 Å². The van der Waals surface area contributed by atoms with Crippen molar-refractivity contribution in [1.29, 1.82) is 0 Å². The molecule has 2 atom stereocenters. The van der Waals surface area contributed by atoms with Crippen LogP contribution in [0.2, 0.25) is 0 Å². The SMILES string of the molecule is COC(=O)CCN1CC2CNCC2C1(C)C. The number of fused-ring (bicyclic) bond motifs is 1. The van der Waals surface area contributed by atoms with Crippen molar-refractivity contribution in [2.75, 3.05) is 33.3 Å². The van der Waals surface area contributed by atoms with Crippen LogP contribution in [-0.4, -0.2) is 49.7 Å². The molecular formula is C12H22N2O2. The third kappa shape index (κ3) is 1.96. The molecule has 2 unspecified atom stereocenters. The van der Waals surface area contributed by atoms with Crippen molar-refractivity contribution in [1.82, 2.24) is 10.2 Å². The van der Waals surface area contributed by atoms with E-state index in [1.165, 1.54) is 7.11 Å². The Morgan fingerprint density at radius 3 is 2.88 bits per heavy atom. The zero-order chi connectivity index (χ0) is 11.8. The number of carbonyl (C=O) groups excluding carboxylic acids is 1. The Balaban J connectivity index is 1.94. The largest absolute Gasteiger partial charge is 0.469 e. The fraction of sp³-hybridized carbons (Fsp3) is 0.917. The summed E-state index contributed by atoms with van der Waals surface area (Å²) in [5, 5.41) is 3.46. The number of rotatable bonds is 3. The molecule has 2 rings (SSSR count). The molecule has 2 heterocycles. The average molecular weight is 226 g/mol. The number of nitrogens with one attached hydrogen (secondary N) is 1. The van der Waals surface area contributed by atoms with Gasteiger partial charge in [0, 0.05) is 25.2 Å². The van der Waals surface area contributed by atoms with Gasteiger partial charge in [0.2, 0.25) is 0 Å². The number of hydrogen-bond donors (Lipinski definition) is 1. The third-order valence-electron chi connectivity index (χ3n) is 4.33. The van der Waals surface area contributed by atoms with Crippen molar-refractivity contribution in [3.8, 4) is 0 Å². The molecule has 2 fully saturated rings. The van der Waals surface area contributed by atoms with Crippen molar-refractivity contribution in [2.24, 2.45) is 11.8 Å². The lowest BCUT2D eigenvalue weighted by Crippen LogP contribution is -2.45. The lowest BCUT2D eigenvalue weighted by atomic mass is 9.85. The van der Waals surface area contributed by atoms with Crippen LogP contribution in [0.15, 0.2) is 0 Å². The number of nitrogens with zero attached hydrogens (tertiary/aromatic N) is 1. The monoisotopic (exact) mass is 226 g/mol. The van der Waals surface area contributed by atoms with Crippen molar-refractivity contribution in [3.63, 3.8) is 0 Å². The van der Waals surface area contributed by atoms with Crippen molar-refractivity contribution in [2.45, 2.75) is 25.8 Å². The highest BCUT2D eigenvalue weighted by Gasteiger charge is 2.49. The number of esters is 1. The summed E-state index contributed by atoms with van der Waals surface area (Å²) in [6.07, 6.45) is 0.507. The van der Waals surface area contributed by atoms with Crippen LogP contribution < -0.4 is 5.32 Å². The van der Waals surface area contributed by atoms with Crippen molar-refractivity contribution in [3.05, 3.63) is 0 Å². The van der Waals surface area contributed by atoms with E-state index < -0.39 is 0 Å². The minimum Gasteiger partial charge on any atom is -0.469 e. The first kappa shape index (κ1) is 11.9. The lowest BCUT2D eigenvalue weighted by molar-refractivity contribution is -0.141. The van der Waals surface area contributed by atoms with Gasteiger partial charge in [-0.3, -0.25) is 9.69 Å². The highest BCUT2D eigenvalue weighted by atomic mass is 16.5. The van der Waals surface area contributed by atoms with E-state index in [0.29, 0.717) is 6.42 Å². The summed E-state index contributed by atoms with van der Waals surface area (Å²) in [5.41, 5.74) is 0.211. The van der Waals surface area contributed by atoms with Gasteiger partial charge in [0.05, 0.1) is 13.5 Å². The Kier molecular flexibility index (Phi) is 3.22. The van der Waals surface area contributed by atoms with Crippen LogP contribution in [0.5, 0.6) is 0 Å². The third-order valence-corrected chi connectivity index (χ3v) is 4.33. The predicted octanol–water partition coefficient (Wildman–Crippen LogP) is 0.479. The van der Waals surface area contributed by atoms with E-state index in [4.69, 9.17) is 4.74 Å². The van der Waals surface area contributed by atoms with Crippen LogP contribution in [-0.2, 0) is 9.53 Å². The maximum Gasteiger partial charge on any atom is 0.306 e. The molecule has 0 aromatic heterocycles. The Hall–Kier alpha value is -0.610. The Morgan fingerprint density at radius 1 is 1.50 bits per heavy atom. The van der Waals surface area contributed by atoms with Gasteiger partial charge in [0.25, 0.3) is 0 Å². The molecule has 0 radical (unpaired) electrons. The zero-order valence-electron chi connectivity index (χ0n) is 10.5. The van der Waals surface area contributed by atoms with Gasteiger partial charge in [-0.25, -0.2) is 0 Å². The summed E-state index contributed by atoms with van der Waals surface area (Å²) in [4.78, 5) is 13.6. The van der Waals surface area contributed by atoms with Gasteiger partial charge in [-0.15, -0.1) is 0 Å². The van der Waals surface area contributed by atoms with Gasteiger partial charge in [-0.2, -0.15) is 0 Å². The van der Waals surface area contributed by atoms with Crippen molar-refractivity contribution >= 4 is 5.97 Å². The summed E-state index contributed by atoms with van der Waals surface area (Å²) in [6, 6.07) is 0. The van der Waals surface area contributed by atoms with E-state index in [1.807, 2.05) is 0 Å². The number of likely N-dealkylation sites (tertiary alicyclic amines) is 1. The molecule has 0 aliphatic carbocycles. The molecule has 2 aliphatic rings. The number of methoxy groups -OCH3 is 1. The van der Waals surface area contributed by atoms with Gasteiger partial charge in [-0.1, -0.05) is 0 Å². The molecule has 4 heteroatoms. The molecule has 92 valence electrons. The van der Waals surface area contributed by atoms with Crippen LogP contribution in [0.1, 0.15) is 20.3 Å². The second-order valence-electron chi connectivity index (χ2n) is 5.45. The fourth-order valence-electron chi connectivity index (χ4n) is 3.21. The Bertz CT molecular complexity index is 278. The molecule has 4 nitrogen and oxygen atoms in total. The molecule has 0 bridgehead atoms. The normalized spacial score (nSPS) is 32.7. The Morgan fingerprint density at radius 2 is 2.25 bits per heavy atom. The molecule has 16 heavy (non-hydrogen) atoms. The van der Waals surface area contributed by atoms with E-state index in [0.717, 1.165) is 38.0 Å².